The standard InChI is InChI=1S/C20H31N3O2.HI/c1-20(12-7-13-24-20)15-23-19(21-2)22-14-16-8-3-6-11-18(16)25-17-9-4-5-10-17;/h3,6,8,11,17H,4-5,7,9-10,12-15H2,1-2H3,(H2,21,22,23);1H. The second-order valence-electron chi connectivity index (χ2n) is 7.31. The first-order valence-corrected chi connectivity index (χ1v) is 9.52. The number of rotatable bonds is 6. The van der Waals surface area contributed by atoms with Gasteiger partial charge >= 0.3 is 0 Å². The molecule has 0 spiro atoms. The van der Waals surface area contributed by atoms with Crippen LogP contribution in [0.2, 0.25) is 0 Å². The lowest BCUT2D eigenvalue weighted by Crippen LogP contribution is -2.45. The van der Waals surface area contributed by atoms with E-state index in [2.05, 4.69) is 40.7 Å². The third kappa shape index (κ3) is 6.01. The van der Waals surface area contributed by atoms with Gasteiger partial charge in [-0.2, -0.15) is 0 Å². The fraction of sp³-hybridized carbons (Fsp3) is 0.650. The lowest BCUT2D eigenvalue weighted by atomic mass is 10.0. The number of aliphatic imine (C=N–C) groups is 1. The predicted octanol–water partition coefficient (Wildman–Crippen LogP) is 3.86. The van der Waals surface area contributed by atoms with E-state index in [-0.39, 0.29) is 29.6 Å². The third-order valence-electron chi connectivity index (χ3n) is 5.17. The zero-order chi connectivity index (χ0) is 17.5. The molecule has 1 aromatic carbocycles. The normalized spacial score (nSPS) is 23.5. The second-order valence-corrected chi connectivity index (χ2v) is 7.31. The minimum Gasteiger partial charge on any atom is -0.490 e. The molecule has 1 unspecified atom stereocenters. The Bertz CT molecular complexity index is 582. The van der Waals surface area contributed by atoms with Crippen LogP contribution in [0.4, 0.5) is 0 Å². The molecule has 0 amide bonds. The molecule has 0 aromatic heterocycles. The summed E-state index contributed by atoms with van der Waals surface area (Å²) in [5.74, 6) is 1.79. The number of guanidine groups is 1. The zero-order valence-electron chi connectivity index (χ0n) is 15.9. The highest BCUT2D eigenvalue weighted by atomic mass is 127. The number of para-hydroxylation sites is 1. The molecule has 1 saturated carbocycles. The first-order valence-electron chi connectivity index (χ1n) is 9.52. The molecule has 3 rings (SSSR count). The summed E-state index contributed by atoms with van der Waals surface area (Å²) < 4.78 is 12.0. The van der Waals surface area contributed by atoms with Gasteiger partial charge in [0, 0.05) is 32.3 Å². The molecule has 0 radical (unpaired) electrons. The van der Waals surface area contributed by atoms with Crippen molar-refractivity contribution < 1.29 is 9.47 Å². The van der Waals surface area contributed by atoms with Crippen molar-refractivity contribution >= 4 is 29.9 Å². The highest BCUT2D eigenvalue weighted by Crippen LogP contribution is 2.26. The summed E-state index contributed by atoms with van der Waals surface area (Å²) in [6.45, 7) is 4.48. The number of nitrogens with zero attached hydrogens (tertiary/aromatic N) is 1. The number of nitrogens with one attached hydrogen (secondary N) is 2. The van der Waals surface area contributed by atoms with Crippen LogP contribution >= 0.6 is 24.0 Å². The Morgan fingerprint density at radius 2 is 2.00 bits per heavy atom. The Labute approximate surface area is 174 Å². The van der Waals surface area contributed by atoms with Gasteiger partial charge in [0.2, 0.25) is 0 Å². The lowest BCUT2D eigenvalue weighted by Gasteiger charge is -2.25. The van der Waals surface area contributed by atoms with Crippen LogP contribution in [0, 0.1) is 0 Å². The largest absolute Gasteiger partial charge is 0.490 e. The molecule has 1 atom stereocenters. The van der Waals surface area contributed by atoms with Crippen LogP contribution in [0.15, 0.2) is 29.3 Å². The zero-order valence-corrected chi connectivity index (χ0v) is 18.3. The van der Waals surface area contributed by atoms with Crippen molar-refractivity contribution in [3.63, 3.8) is 0 Å². The van der Waals surface area contributed by atoms with Crippen LogP contribution < -0.4 is 15.4 Å². The number of ether oxygens (including phenoxy) is 2. The SMILES string of the molecule is CN=C(NCc1ccccc1OC1CCCC1)NCC1(C)CCCO1.I. The van der Waals surface area contributed by atoms with Crippen molar-refractivity contribution in [3.8, 4) is 5.75 Å². The average molecular weight is 473 g/mol. The van der Waals surface area contributed by atoms with E-state index in [9.17, 15) is 0 Å². The molecule has 2 fully saturated rings. The Kier molecular flexibility index (Phi) is 8.47. The van der Waals surface area contributed by atoms with Crippen molar-refractivity contribution in [2.24, 2.45) is 4.99 Å². The molecule has 0 bridgehead atoms. The van der Waals surface area contributed by atoms with Gasteiger partial charge in [-0.15, -0.1) is 24.0 Å². The van der Waals surface area contributed by atoms with Crippen LogP contribution in [-0.2, 0) is 11.3 Å². The molecule has 26 heavy (non-hydrogen) atoms. The maximum Gasteiger partial charge on any atom is 0.191 e. The molecular weight excluding hydrogens is 441 g/mol. The van der Waals surface area contributed by atoms with Crippen molar-refractivity contribution in [3.05, 3.63) is 29.8 Å². The molecule has 1 heterocycles. The van der Waals surface area contributed by atoms with Gasteiger partial charge < -0.3 is 20.1 Å². The maximum absolute atomic E-state index is 6.21. The number of hydrogen-bond donors (Lipinski definition) is 2. The minimum absolute atomic E-state index is 0. The summed E-state index contributed by atoms with van der Waals surface area (Å²) in [7, 11) is 1.80. The molecule has 1 aliphatic heterocycles. The van der Waals surface area contributed by atoms with E-state index in [4.69, 9.17) is 9.47 Å². The predicted molar refractivity (Wildman–Crippen MR) is 117 cm³/mol. The summed E-state index contributed by atoms with van der Waals surface area (Å²) in [6.07, 6.45) is 7.50. The van der Waals surface area contributed by atoms with Crippen molar-refractivity contribution in [1.82, 2.24) is 10.6 Å². The molecule has 1 aliphatic carbocycles. The number of halogens is 1. The average Bonchev–Trinajstić information content (AvgIpc) is 3.28. The minimum atomic E-state index is -0.0822. The fourth-order valence-corrected chi connectivity index (χ4v) is 3.60. The van der Waals surface area contributed by atoms with Crippen molar-refractivity contribution in [2.45, 2.75) is 63.7 Å². The van der Waals surface area contributed by atoms with Gasteiger partial charge in [0.15, 0.2) is 5.96 Å². The van der Waals surface area contributed by atoms with Gasteiger partial charge in [-0.1, -0.05) is 18.2 Å². The molecule has 2 aliphatic rings. The fourth-order valence-electron chi connectivity index (χ4n) is 3.60. The van der Waals surface area contributed by atoms with Crippen LogP contribution in [-0.4, -0.2) is 37.9 Å². The molecule has 2 N–H and O–H groups in total. The summed E-state index contributed by atoms with van der Waals surface area (Å²) in [6, 6.07) is 8.28. The van der Waals surface area contributed by atoms with Gasteiger partial charge in [-0.05, 0) is 51.5 Å². The Hall–Kier alpha value is -1.02. The second kappa shape index (κ2) is 10.3. The topological polar surface area (TPSA) is 54.9 Å². The monoisotopic (exact) mass is 473 g/mol. The first kappa shape index (κ1) is 21.3. The van der Waals surface area contributed by atoms with Crippen LogP contribution in [0.5, 0.6) is 5.75 Å². The summed E-state index contributed by atoms with van der Waals surface area (Å²) >= 11 is 0. The van der Waals surface area contributed by atoms with E-state index in [1.54, 1.807) is 7.05 Å². The Balaban J connectivity index is 0.00000243. The van der Waals surface area contributed by atoms with Crippen LogP contribution in [0.25, 0.3) is 0 Å². The van der Waals surface area contributed by atoms with Gasteiger partial charge in [0.1, 0.15) is 5.75 Å². The van der Waals surface area contributed by atoms with Gasteiger partial charge in [0.05, 0.1) is 11.7 Å². The van der Waals surface area contributed by atoms with E-state index in [0.717, 1.165) is 37.7 Å². The van der Waals surface area contributed by atoms with E-state index in [1.165, 1.54) is 31.2 Å². The van der Waals surface area contributed by atoms with E-state index in [0.29, 0.717) is 12.6 Å². The van der Waals surface area contributed by atoms with Crippen LogP contribution in [0.3, 0.4) is 0 Å². The first-order chi connectivity index (χ1) is 12.2. The highest BCUT2D eigenvalue weighted by Gasteiger charge is 2.29. The van der Waals surface area contributed by atoms with E-state index >= 15 is 0 Å². The third-order valence-corrected chi connectivity index (χ3v) is 5.17. The Morgan fingerprint density at radius 1 is 1.23 bits per heavy atom. The molecule has 1 aromatic rings. The smallest absolute Gasteiger partial charge is 0.191 e. The highest BCUT2D eigenvalue weighted by molar-refractivity contribution is 14.0. The van der Waals surface area contributed by atoms with Gasteiger partial charge in [0.25, 0.3) is 0 Å². The molecule has 5 nitrogen and oxygen atoms in total. The quantitative estimate of drug-likeness (QED) is 0.375. The van der Waals surface area contributed by atoms with Gasteiger partial charge in [-0.25, -0.2) is 0 Å². The van der Waals surface area contributed by atoms with E-state index in [1.807, 2.05) is 6.07 Å². The lowest BCUT2D eigenvalue weighted by molar-refractivity contribution is 0.0243. The summed E-state index contributed by atoms with van der Waals surface area (Å²) in [4.78, 5) is 4.33. The molecule has 6 heteroatoms. The summed E-state index contributed by atoms with van der Waals surface area (Å²) in [5.41, 5.74) is 1.09. The van der Waals surface area contributed by atoms with Crippen molar-refractivity contribution in [1.29, 1.82) is 0 Å². The molecule has 1 saturated heterocycles. The summed E-state index contributed by atoms with van der Waals surface area (Å²) in [5, 5.41) is 6.78. The van der Waals surface area contributed by atoms with Crippen LogP contribution in [0.1, 0.15) is 51.0 Å². The number of benzene rings is 1. The Morgan fingerprint density at radius 3 is 2.69 bits per heavy atom. The van der Waals surface area contributed by atoms with Gasteiger partial charge in [-0.3, -0.25) is 4.99 Å². The van der Waals surface area contributed by atoms with Crippen molar-refractivity contribution in [2.75, 3.05) is 20.2 Å². The number of hydrogen-bond acceptors (Lipinski definition) is 3. The molecular formula is C20H32IN3O2. The van der Waals surface area contributed by atoms with E-state index < -0.39 is 0 Å². The molecule has 146 valence electrons. The maximum atomic E-state index is 6.21.